The molecule has 0 aliphatic carbocycles. The molecule has 0 aliphatic rings. The fourth-order valence-electron chi connectivity index (χ4n) is 2.50. The number of ether oxygens (including phenoxy) is 3. The standard InChI is InChI=1S/C22H27NO5.C2H6/c1-5-26-19(24)14-17-12-9-13-18(23-21(25)28-22(2,3)4)20(17)27-15-16-10-7-6-8-11-16;1-2/h6-13H,5,14-15H2,1-4H3,(H,23,25);1-2H3. The van der Waals surface area contributed by atoms with Crippen LogP contribution in [-0.4, -0.2) is 24.3 Å². The molecule has 1 amide bonds. The number of benzene rings is 2. The molecular weight excluding hydrogens is 382 g/mol. The maximum atomic E-state index is 12.2. The number of anilines is 1. The second-order valence-corrected chi connectivity index (χ2v) is 7.18. The Balaban J connectivity index is 0.00000218. The van der Waals surface area contributed by atoms with Crippen molar-refractivity contribution in [2.45, 2.75) is 60.2 Å². The molecule has 6 nitrogen and oxygen atoms in total. The normalized spacial score (nSPS) is 10.3. The molecule has 0 radical (unpaired) electrons. The van der Waals surface area contributed by atoms with E-state index in [4.69, 9.17) is 14.2 Å². The van der Waals surface area contributed by atoms with Crippen LogP contribution in [0.5, 0.6) is 5.75 Å². The highest BCUT2D eigenvalue weighted by Crippen LogP contribution is 2.31. The average molecular weight is 416 g/mol. The van der Waals surface area contributed by atoms with Gasteiger partial charge >= 0.3 is 12.1 Å². The summed E-state index contributed by atoms with van der Waals surface area (Å²) in [5, 5.41) is 2.71. The average Bonchev–Trinajstić information content (AvgIpc) is 2.68. The molecule has 2 aromatic rings. The summed E-state index contributed by atoms with van der Waals surface area (Å²) in [6, 6.07) is 14.9. The molecule has 30 heavy (non-hydrogen) atoms. The van der Waals surface area contributed by atoms with E-state index in [-0.39, 0.29) is 12.4 Å². The van der Waals surface area contributed by atoms with Crippen LogP contribution in [0.2, 0.25) is 0 Å². The lowest BCUT2D eigenvalue weighted by molar-refractivity contribution is -0.142. The molecule has 2 rings (SSSR count). The van der Waals surface area contributed by atoms with Crippen molar-refractivity contribution < 1.29 is 23.8 Å². The van der Waals surface area contributed by atoms with E-state index in [2.05, 4.69) is 5.32 Å². The van der Waals surface area contributed by atoms with Crippen molar-refractivity contribution in [3.63, 3.8) is 0 Å². The van der Waals surface area contributed by atoms with Gasteiger partial charge in [0.25, 0.3) is 0 Å². The van der Waals surface area contributed by atoms with Gasteiger partial charge in [-0.25, -0.2) is 4.79 Å². The number of para-hydroxylation sites is 1. The van der Waals surface area contributed by atoms with Crippen LogP contribution in [0, 0.1) is 0 Å². The first-order valence-corrected chi connectivity index (χ1v) is 10.2. The van der Waals surface area contributed by atoms with Gasteiger partial charge in [-0.15, -0.1) is 0 Å². The van der Waals surface area contributed by atoms with E-state index in [0.29, 0.717) is 30.2 Å². The van der Waals surface area contributed by atoms with Crippen molar-refractivity contribution in [1.29, 1.82) is 0 Å². The van der Waals surface area contributed by atoms with E-state index in [1.165, 1.54) is 0 Å². The minimum absolute atomic E-state index is 0.0435. The Morgan fingerprint density at radius 2 is 1.63 bits per heavy atom. The predicted molar refractivity (Wildman–Crippen MR) is 119 cm³/mol. The quantitative estimate of drug-likeness (QED) is 0.583. The Hall–Kier alpha value is -3.02. The van der Waals surface area contributed by atoms with Gasteiger partial charge in [0.2, 0.25) is 0 Å². The molecule has 0 saturated carbocycles. The number of carbonyl (C=O) groups is 2. The molecule has 0 aliphatic heterocycles. The van der Waals surface area contributed by atoms with Crippen molar-refractivity contribution >= 4 is 17.7 Å². The fraction of sp³-hybridized carbons (Fsp3) is 0.417. The molecule has 0 saturated heterocycles. The Labute approximate surface area is 179 Å². The number of nitrogens with one attached hydrogen (secondary N) is 1. The molecule has 2 aromatic carbocycles. The monoisotopic (exact) mass is 415 g/mol. The SMILES string of the molecule is CC.CCOC(=O)Cc1cccc(NC(=O)OC(C)(C)C)c1OCc1ccccc1. The molecule has 1 N–H and O–H groups in total. The smallest absolute Gasteiger partial charge is 0.412 e. The van der Waals surface area contributed by atoms with Crippen LogP contribution in [0.4, 0.5) is 10.5 Å². The third kappa shape index (κ3) is 8.99. The summed E-state index contributed by atoms with van der Waals surface area (Å²) in [5.74, 6) is 0.0618. The highest BCUT2D eigenvalue weighted by atomic mass is 16.6. The van der Waals surface area contributed by atoms with Crippen molar-refractivity contribution in [2.75, 3.05) is 11.9 Å². The van der Waals surface area contributed by atoms with E-state index >= 15 is 0 Å². The lowest BCUT2D eigenvalue weighted by Gasteiger charge is -2.21. The largest absolute Gasteiger partial charge is 0.486 e. The summed E-state index contributed by atoms with van der Waals surface area (Å²) in [5.41, 5.74) is 1.41. The summed E-state index contributed by atoms with van der Waals surface area (Å²) in [7, 11) is 0. The van der Waals surface area contributed by atoms with Crippen molar-refractivity contribution in [3.8, 4) is 5.75 Å². The maximum absolute atomic E-state index is 12.2. The van der Waals surface area contributed by atoms with Crippen LogP contribution in [0.25, 0.3) is 0 Å². The van der Waals surface area contributed by atoms with E-state index in [0.717, 1.165) is 5.56 Å². The highest BCUT2D eigenvalue weighted by Gasteiger charge is 2.20. The first-order chi connectivity index (χ1) is 14.3. The van der Waals surface area contributed by atoms with Gasteiger partial charge in [0.1, 0.15) is 18.0 Å². The van der Waals surface area contributed by atoms with Gasteiger partial charge in [0.05, 0.1) is 18.7 Å². The number of amides is 1. The lowest BCUT2D eigenvalue weighted by Crippen LogP contribution is -2.27. The zero-order chi connectivity index (χ0) is 22.6. The third-order valence-corrected chi connectivity index (χ3v) is 3.60. The minimum atomic E-state index is -0.627. The van der Waals surface area contributed by atoms with Crippen molar-refractivity contribution in [2.24, 2.45) is 0 Å². The summed E-state index contributed by atoms with van der Waals surface area (Å²) in [6.45, 7) is 11.7. The molecular formula is C24H33NO5. The number of rotatable bonds is 7. The first kappa shape index (κ1) is 25.0. The Bertz CT molecular complexity index is 797. The molecule has 0 bridgehead atoms. The van der Waals surface area contributed by atoms with Gasteiger partial charge in [0.15, 0.2) is 0 Å². The molecule has 0 heterocycles. The van der Waals surface area contributed by atoms with Gasteiger partial charge < -0.3 is 14.2 Å². The number of carbonyl (C=O) groups excluding carboxylic acids is 2. The molecule has 164 valence electrons. The predicted octanol–water partition coefficient (Wildman–Crippen LogP) is 5.74. The number of hydrogen-bond acceptors (Lipinski definition) is 5. The molecule has 0 unspecified atom stereocenters. The van der Waals surface area contributed by atoms with Crippen LogP contribution >= 0.6 is 0 Å². The fourth-order valence-corrected chi connectivity index (χ4v) is 2.50. The van der Waals surface area contributed by atoms with E-state index in [9.17, 15) is 9.59 Å². The Morgan fingerprint density at radius 1 is 0.967 bits per heavy atom. The molecule has 0 fully saturated rings. The van der Waals surface area contributed by atoms with Crippen LogP contribution in [0.15, 0.2) is 48.5 Å². The van der Waals surface area contributed by atoms with Gasteiger partial charge in [-0.1, -0.05) is 56.3 Å². The third-order valence-electron chi connectivity index (χ3n) is 3.60. The summed E-state index contributed by atoms with van der Waals surface area (Å²) in [4.78, 5) is 24.2. The van der Waals surface area contributed by atoms with Gasteiger partial charge in [-0.2, -0.15) is 0 Å². The van der Waals surface area contributed by atoms with E-state index < -0.39 is 11.7 Å². The van der Waals surface area contributed by atoms with Gasteiger partial charge in [-0.05, 0) is 39.3 Å². The summed E-state index contributed by atoms with van der Waals surface area (Å²) in [6.07, 6.45) is -0.549. The second kappa shape index (κ2) is 12.5. The lowest BCUT2D eigenvalue weighted by atomic mass is 10.1. The number of esters is 1. The first-order valence-electron chi connectivity index (χ1n) is 10.2. The summed E-state index contributed by atoms with van der Waals surface area (Å²) >= 11 is 0. The van der Waals surface area contributed by atoms with Crippen molar-refractivity contribution in [1.82, 2.24) is 0 Å². The summed E-state index contributed by atoms with van der Waals surface area (Å²) < 4.78 is 16.4. The number of hydrogen-bond donors (Lipinski definition) is 1. The van der Waals surface area contributed by atoms with Crippen molar-refractivity contribution in [3.05, 3.63) is 59.7 Å². The van der Waals surface area contributed by atoms with Crippen LogP contribution in [-0.2, 0) is 27.3 Å². The minimum Gasteiger partial charge on any atom is -0.486 e. The van der Waals surface area contributed by atoms with E-state index in [1.807, 2.05) is 44.2 Å². The van der Waals surface area contributed by atoms with Gasteiger partial charge in [-0.3, -0.25) is 10.1 Å². The highest BCUT2D eigenvalue weighted by molar-refractivity contribution is 5.88. The zero-order valence-corrected chi connectivity index (χ0v) is 18.8. The second-order valence-electron chi connectivity index (χ2n) is 7.18. The van der Waals surface area contributed by atoms with Gasteiger partial charge in [0, 0.05) is 5.56 Å². The topological polar surface area (TPSA) is 73.9 Å². The maximum Gasteiger partial charge on any atom is 0.412 e. The molecule has 0 atom stereocenters. The van der Waals surface area contributed by atoms with Crippen LogP contribution < -0.4 is 10.1 Å². The zero-order valence-electron chi connectivity index (χ0n) is 18.8. The van der Waals surface area contributed by atoms with E-state index in [1.54, 1.807) is 45.9 Å². The van der Waals surface area contributed by atoms with Crippen LogP contribution in [0.1, 0.15) is 52.7 Å². The molecule has 0 spiro atoms. The van der Waals surface area contributed by atoms with Crippen LogP contribution in [0.3, 0.4) is 0 Å². The molecule has 0 aromatic heterocycles. The molecule has 6 heteroatoms. The Kier molecular flexibility index (Phi) is 10.4. The Morgan fingerprint density at radius 3 is 2.23 bits per heavy atom.